The van der Waals surface area contributed by atoms with E-state index in [2.05, 4.69) is 5.32 Å². The zero-order chi connectivity index (χ0) is 15.3. The van der Waals surface area contributed by atoms with Gasteiger partial charge in [-0.1, -0.05) is 12.1 Å². The lowest BCUT2D eigenvalue weighted by atomic mass is 10.2. The molecule has 0 aliphatic rings. The molecule has 0 unspecified atom stereocenters. The third kappa shape index (κ3) is 4.70. The van der Waals surface area contributed by atoms with Crippen molar-refractivity contribution in [2.45, 2.75) is 13.1 Å². The van der Waals surface area contributed by atoms with Gasteiger partial charge in [-0.15, -0.1) is 0 Å². The number of hydrogen-bond acceptors (Lipinski definition) is 2. The fourth-order valence-corrected chi connectivity index (χ4v) is 1.86. The van der Waals surface area contributed by atoms with Crippen LogP contribution in [0.25, 0.3) is 0 Å². The molecule has 2 aromatic carbocycles. The van der Waals surface area contributed by atoms with Crippen LogP contribution in [0.5, 0.6) is 5.75 Å². The molecular formula is C16H16F3NO. The molecular weight excluding hydrogens is 279 g/mol. The van der Waals surface area contributed by atoms with Crippen molar-refractivity contribution in [3.8, 4) is 5.75 Å². The zero-order valence-electron chi connectivity index (χ0n) is 11.6. The van der Waals surface area contributed by atoms with E-state index in [1.807, 2.05) is 31.2 Å². The average molecular weight is 295 g/mol. The van der Waals surface area contributed by atoms with Crippen LogP contribution in [0, 0.1) is 6.92 Å². The van der Waals surface area contributed by atoms with Gasteiger partial charge in [0, 0.05) is 12.2 Å². The summed E-state index contributed by atoms with van der Waals surface area (Å²) in [5.41, 5.74) is 1.47. The van der Waals surface area contributed by atoms with Crippen molar-refractivity contribution < 1.29 is 17.9 Å². The summed E-state index contributed by atoms with van der Waals surface area (Å²) < 4.78 is 42.6. The van der Waals surface area contributed by atoms with Gasteiger partial charge in [0.05, 0.1) is 5.56 Å². The van der Waals surface area contributed by atoms with Gasteiger partial charge in [-0.05, 0) is 48.9 Å². The standard InChI is InChI=1S/C16H16F3NO/c1-12-3-2-4-14(11-12)20-9-10-21-15-7-5-13(6-8-15)16(17,18)19/h2-8,11,20H,9-10H2,1H3. The van der Waals surface area contributed by atoms with Crippen LogP contribution in [0.4, 0.5) is 18.9 Å². The minimum Gasteiger partial charge on any atom is -0.492 e. The van der Waals surface area contributed by atoms with E-state index in [-0.39, 0.29) is 0 Å². The summed E-state index contributed by atoms with van der Waals surface area (Å²) in [6.45, 7) is 2.95. The monoisotopic (exact) mass is 295 g/mol. The van der Waals surface area contributed by atoms with Gasteiger partial charge in [0.2, 0.25) is 0 Å². The van der Waals surface area contributed by atoms with E-state index in [1.165, 1.54) is 12.1 Å². The van der Waals surface area contributed by atoms with E-state index in [0.29, 0.717) is 18.9 Å². The second kappa shape index (κ2) is 6.52. The van der Waals surface area contributed by atoms with Crippen molar-refractivity contribution in [1.82, 2.24) is 0 Å². The normalized spacial score (nSPS) is 11.2. The topological polar surface area (TPSA) is 21.3 Å². The van der Waals surface area contributed by atoms with E-state index in [4.69, 9.17) is 4.74 Å². The maximum absolute atomic E-state index is 12.4. The summed E-state index contributed by atoms with van der Waals surface area (Å²) in [6, 6.07) is 12.6. The summed E-state index contributed by atoms with van der Waals surface area (Å²) in [5, 5.41) is 3.19. The maximum atomic E-state index is 12.4. The van der Waals surface area contributed by atoms with E-state index in [1.54, 1.807) is 0 Å². The number of hydrogen-bond donors (Lipinski definition) is 1. The Labute approximate surface area is 121 Å². The molecule has 21 heavy (non-hydrogen) atoms. The molecule has 0 aliphatic heterocycles. The highest BCUT2D eigenvalue weighted by molar-refractivity contribution is 5.45. The molecule has 0 bridgehead atoms. The molecule has 0 heterocycles. The van der Waals surface area contributed by atoms with Crippen molar-refractivity contribution in [3.05, 3.63) is 59.7 Å². The fourth-order valence-electron chi connectivity index (χ4n) is 1.86. The summed E-state index contributed by atoms with van der Waals surface area (Å²) in [7, 11) is 0. The van der Waals surface area contributed by atoms with Crippen molar-refractivity contribution >= 4 is 5.69 Å². The maximum Gasteiger partial charge on any atom is 0.416 e. The zero-order valence-corrected chi connectivity index (χ0v) is 11.6. The lowest BCUT2D eigenvalue weighted by molar-refractivity contribution is -0.137. The molecule has 0 saturated carbocycles. The van der Waals surface area contributed by atoms with Crippen molar-refractivity contribution in [2.75, 3.05) is 18.5 Å². The van der Waals surface area contributed by atoms with E-state index in [9.17, 15) is 13.2 Å². The SMILES string of the molecule is Cc1cccc(NCCOc2ccc(C(F)(F)F)cc2)c1. The van der Waals surface area contributed by atoms with Crippen LogP contribution in [0.15, 0.2) is 48.5 Å². The van der Waals surface area contributed by atoms with Crippen LogP contribution in [0.1, 0.15) is 11.1 Å². The highest BCUT2D eigenvalue weighted by Crippen LogP contribution is 2.30. The molecule has 0 spiro atoms. The third-order valence-corrected chi connectivity index (χ3v) is 2.90. The predicted molar refractivity (Wildman–Crippen MR) is 76.6 cm³/mol. The molecule has 2 rings (SSSR count). The van der Waals surface area contributed by atoms with Crippen molar-refractivity contribution in [2.24, 2.45) is 0 Å². The van der Waals surface area contributed by atoms with Crippen LogP contribution in [-0.4, -0.2) is 13.2 Å². The Hall–Kier alpha value is -2.17. The van der Waals surface area contributed by atoms with Gasteiger partial charge in [-0.3, -0.25) is 0 Å². The Kier molecular flexibility index (Phi) is 4.73. The Bertz CT molecular complexity index is 579. The number of ether oxygens (including phenoxy) is 1. The molecule has 0 radical (unpaired) electrons. The molecule has 5 heteroatoms. The van der Waals surface area contributed by atoms with Crippen LogP contribution in [0.3, 0.4) is 0 Å². The Balaban J connectivity index is 1.79. The average Bonchev–Trinajstić information content (AvgIpc) is 2.43. The first-order valence-electron chi connectivity index (χ1n) is 6.56. The van der Waals surface area contributed by atoms with Crippen molar-refractivity contribution in [1.29, 1.82) is 0 Å². The highest BCUT2D eigenvalue weighted by atomic mass is 19.4. The number of nitrogens with one attached hydrogen (secondary N) is 1. The van der Waals surface area contributed by atoms with Gasteiger partial charge >= 0.3 is 6.18 Å². The molecule has 2 nitrogen and oxygen atoms in total. The Morgan fingerprint density at radius 3 is 2.38 bits per heavy atom. The van der Waals surface area contributed by atoms with E-state index in [0.717, 1.165) is 23.4 Å². The molecule has 112 valence electrons. The lowest BCUT2D eigenvalue weighted by Crippen LogP contribution is -2.11. The molecule has 1 N–H and O–H groups in total. The minimum absolute atomic E-state index is 0.374. The number of rotatable bonds is 5. The first-order valence-corrected chi connectivity index (χ1v) is 6.56. The van der Waals surface area contributed by atoms with E-state index >= 15 is 0 Å². The Morgan fingerprint density at radius 1 is 1.05 bits per heavy atom. The summed E-state index contributed by atoms with van der Waals surface area (Å²) in [4.78, 5) is 0. The fraction of sp³-hybridized carbons (Fsp3) is 0.250. The molecule has 0 aromatic heterocycles. The third-order valence-electron chi connectivity index (χ3n) is 2.90. The van der Waals surface area contributed by atoms with Gasteiger partial charge in [0.25, 0.3) is 0 Å². The van der Waals surface area contributed by atoms with Gasteiger partial charge in [-0.2, -0.15) is 13.2 Å². The summed E-state index contributed by atoms with van der Waals surface area (Å²) in [5.74, 6) is 0.425. The highest BCUT2D eigenvalue weighted by Gasteiger charge is 2.29. The number of anilines is 1. The van der Waals surface area contributed by atoms with E-state index < -0.39 is 11.7 Å². The Morgan fingerprint density at radius 2 is 1.76 bits per heavy atom. The van der Waals surface area contributed by atoms with Gasteiger partial charge in [-0.25, -0.2) is 0 Å². The largest absolute Gasteiger partial charge is 0.492 e. The quantitative estimate of drug-likeness (QED) is 0.820. The van der Waals surface area contributed by atoms with Crippen LogP contribution in [-0.2, 0) is 6.18 Å². The first kappa shape index (κ1) is 15.2. The molecule has 0 saturated heterocycles. The smallest absolute Gasteiger partial charge is 0.416 e. The lowest BCUT2D eigenvalue weighted by Gasteiger charge is -2.10. The van der Waals surface area contributed by atoms with Gasteiger partial charge in [0.1, 0.15) is 12.4 Å². The molecule has 0 amide bonds. The van der Waals surface area contributed by atoms with Gasteiger partial charge in [0.15, 0.2) is 0 Å². The molecule has 2 aromatic rings. The van der Waals surface area contributed by atoms with Crippen LogP contribution >= 0.6 is 0 Å². The number of halogens is 3. The number of alkyl halides is 3. The molecule has 0 fully saturated rings. The number of aryl methyl sites for hydroxylation is 1. The minimum atomic E-state index is -4.31. The number of benzene rings is 2. The molecule has 0 aliphatic carbocycles. The predicted octanol–water partition coefficient (Wildman–Crippen LogP) is 4.50. The van der Waals surface area contributed by atoms with Crippen molar-refractivity contribution in [3.63, 3.8) is 0 Å². The summed E-state index contributed by atoms with van der Waals surface area (Å²) in [6.07, 6.45) is -4.31. The molecule has 0 atom stereocenters. The second-order valence-corrected chi connectivity index (χ2v) is 4.67. The van der Waals surface area contributed by atoms with Gasteiger partial charge < -0.3 is 10.1 Å². The summed E-state index contributed by atoms with van der Waals surface area (Å²) >= 11 is 0. The van der Waals surface area contributed by atoms with Crippen LogP contribution in [0.2, 0.25) is 0 Å². The van der Waals surface area contributed by atoms with Crippen LogP contribution < -0.4 is 10.1 Å². The second-order valence-electron chi connectivity index (χ2n) is 4.67. The first-order chi connectivity index (χ1) is 9.95.